The lowest BCUT2D eigenvalue weighted by molar-refractivity contribution is -0.149. The van der Waals surface area contributed by atoms with Gasteiger partial charge in [-0.2, -0.15) is 0 Å². The van der Waals surface area contributed by atoms with E-state index in [2.05, 4.69) is 10.6 Å². The number of ether oxygens (including phenoxy) is 2. The van der Waals surface area contributed by atoms with E-state index in [0.29, 0.717) is 19.3 Å². The third kappa shape index (κ3) is 10.3. The molecule has 0 radical (unpaired) electrons. The van der Waals surface area contributed by atoms with Crippen molar-refractivity contribution < 1.29 is 23.9 Å². The highest BCUT2D eigenvalue weighted by Gasteiger charge is 2.29. The topological polar surface area (TPSA) is 93.7 Å². The molecule has 168 valence electrons. The van der Waals surface area contributed by atoms with Crippen molar-refractivity contribution in [2.24, 2.45) is 5.92 Å². The van der Waals surface area contributed by atoms with Gasteiger partial charge in [-0.05, 0) is 45.1 Å². The number of amides is 2. The fourth-order valence-corrected chi connectivity index (χ4v) is 2.79. The minimum atomic E-state index is -0.791. The van der Waals surface area contributed by atoms with Crippen LogP contribution in [0, 0.1) is 5.92 Å². The Morgan fingerprint density at radius 3 is 2.17 bits per heavy atom. The molecule has 7 nitrogen and oxygen atoms in total. The molecule has 1 rings (SSSR count). The van der Waals surface area contributed by atoms with E-state index in [1.54, 1.807) is 20.8 Å². The van der Waals surface area contributed by atoms with Crippen LogP contribution in [0.2, 0.25) is 0 Å². The van der Waals surface area contributed by atoms with Gasteiger partial charge in [0.2, 0.25) is 5.91 Å². The Morgan fingerprint density at radius 1 is 1.00 bits per heavy atom. The van der Waals surface area contributed by atoms with E-state index in [1.165, 1.54) is 0 Å². The van der Waals surface area contributed by atoms with Gasteiger partial charge in [0.1, 0.15) is 24.3 Å². The van der Waals surface area contributed by atoms with Gasteiger partial charge in [0.25, 0.3) is 0 Å². The zero-order chi connectivity index (χ0) is 22.7. The highest BCUT2D eigenvalue weighted by atomic mass is 16.6. The minimum Gasteiger partial charge on any atom is -0.459 e. The molecule has 1 aromatic rings. The molecule has 0 saturated carbocycles. The van der Waals surface area contributed by atoms with Crippen LogP contribution in [0.3, 0.4) is 0 Å². The van der Waals surface area contributed by atoms with Crippen LogP contribution in [-0.2, 0) is 25.7 Å². The van der Waals surface area contributed by atoms with Crippen molar-refractivity contribution in [1.29, 1.82) is 0 Å². The van der Waals surface area contributed by atoms with Crippen molar-refractivity contribution in [3.63, 3.8) is 0 Å². The first-order valence-electron chi connectivity index (χ1n) is 10.5. The molecule has 0 saturated heterocycles. The second-order valence-electron chi connectivity index (χ2n) is 8.77. The molecule has 0 fully saturated rings. The molecule has 30 heavy (non-hydrogen) atoms. The quantitative estimate of drug-likeness (QED) is 0.559. The summed E-state index contributed by atoms with van der Waals surface area (Å²) in [6, 6.07) is 7.78. The monoisotopic (exact) mass is 420 g/mol. The molecule has 1 aromatic carbocycles. The van der Waals surface area contributed by atoms with Crippen LogP contribution in [-0.4, -0.2) is 35.7 Å². The molecule has 0 aliphatic heterocycles. The van der Waals surface area contributed by atoms with Crippen LogP contribution in [0.15, 0.2) is 30.3 Å². The number of alkyl carbamates (subject to hydrolysis) is 1. The molecule has 7 heteroatoms. The van der Waals surface area contributed by atoms with E-state index in [1.807, 2.05) is 51.1 Å². The highest BCUT2D eigenvalue weighted by Crippen LogP contribution is 2.11. The molecule has 2 amide bonds. The summed E-state index contributed by atoms with van der Waals surface area (Å²) >= 11 is 0. The Labute approximate surface area is 179 Å². The van der Waals surface area contributed by atoms with Gasteiger partial charge in [-0.1, -0.05) is 57.5 Å². The standard InChI is InChI=1S/C23H36N2O5/c1-7-11-18(25-22(28)30-23(4,5)6)20(26)24-19(14-16(2)3)21(27)29-15-17-12-9-8-10-13-17/h8-10,12-13,16,18-19H,7,11,14-15H2,1-6H3,(H,24,26)(H,25,28)/t18-,19-/m0/s1. The van der Waals surface area contributed by atoms with Crippen LogP contribution in [0.4, 0.5) is 4.79 Å². The number of carbonyl (C=O) groups excluding carboxylic acids is 3. The van der Waals surface area contributed by atoms with Gasteiger partial charge in [0.15, 0.2) is 0 Å². The van der Waals surface area contributed by atoms with Crippen molar-refractivity contribution in [3.8, 4) is 0 Å². The molecule has 2 N–H and O–H groups in total. The maximum Gasteiger partial charge on any atom is 0.408 e. The highest BCUT2D eigenvalue weighted by molar-refractivity contribution is 5.89. The van der Waals surface area contributed by atoms with Gasteiger partial charge in [0, 0.05) is 0 Å². The molecule has 0 aromatic heterocycles. The summed E-state index contributed by atoms with van der Waals surface area (Å²) in [6.07, 6.45) is 0.882. The van der Waals surface area contributed by atoms with Crippen molar-refractivity contribution in [3.05, 3.63) is 35.9 Å². The largest absolute Gasteiger partial charge is 0.459 e. The first-order chi connectivity index (χ1) is 14.0. The smallest absolute Gasteiger partial charge is 0.408 e. The van der Waals surface area contributed by atoms with Crippen molar-refractivity contribution in [2.75, 3.05) is 0 Å². The maximum atomic E-state index is 12.8. The average molecular weight is 421 g/mol. The Balaban J connectivity index is 2.77. The summed E-state index contributed by atoms with van der Waals surface area (Å²) in [5.74, 6) is -0.749. The van der Waals surface area contributed by atoms with E-state index in [-0.39, 0.29) is 12.5 Å². The van der Waals surface area contributed by atoms with Crippen LogP contribution >= 0.6 is 0 Å². The molecule has 2 atom stereocenters. The zero-order valence-electron chi connectivity index (χ0n) is 19.0. The van der Waals surface area contributed by atoms with Gasteiger partial charge in [-0.25, -0.2) is 9.59 Å². The molecule has 0 aliphatic carbocycles. The lowest BCUT2D eigenvalue weighted by Crippen LogP contribution is -2.52. The number of hydrogen-bond acceptors (Lipinski definition) is 5. The lowest BCUT2D eigenvalue weighted by Gasteiger charge is -2.25. The Kier molecular flexibility index (Phi) is 10.4. The summed E-state index contributed by atoms with van der Waals surface area (Å²) < 4.78 is 10.7. The Hall–Kier alpha value is -2.57. The molecular weight excluding hydrogens is 384 g/mol. The lowest BCUT2D eigenvalue weighted by atomic mass is 10.0. The van der Waals surface area contributed by atoms with Gasteiger partial charge < -0.3 is 20.1 Å². The summed E-state index contributed by atoms with van der Waals surface area (Å²) in [6.45, 7) is 11.2. The summed E-state index contributed by atoms with van der Waals surface area (Å²) in [5, 5.41) is 5.36. The number of hydrogen-bond donors (Lipinski definition) is 2. The molecule has 0 aliphatic rings. The van der Waals surface area contributed by atoms with E-state index in [4.69, 9.17) is 9.47 Å². The fraction of sp³-hybridized carbons (Fsp3) is 0.609. The predicted octanol–water partition coefficient (Wildman–Crippen LogP) is 3.95. The third-order valence-corrected chi connectivity index (χ3v) is 4.12. The summed E-state index contributed by atoms with van der Waals surface area (Å²) in [5.41, 5.74) is 0.203. The van der Waals surface area contributed by atoms with Crippen molar-refractivity contribution in [1.82, 2.24) is 10.6 Å². The maximum absolute atomic E-state index is 12.8. The summed E-state index contributed by atoms with van der Waals surface area (Å²) in [7, 11) is 0. The molecule has 0 heterocycles. The number of nitrogens with one attached hydrogen (secondary N) is 2. The van der Waals surface area contributed by atoms with Crippen LogP contribution in [0.5, 0.6) is 0 Å². The van der Waals surface area contributed by atoms with Crippen LogP contribution in [0.25, 0.3) is 0 Å². The number of carbonyl (C=O) groups is 3. The van der Waals surface area contributed by atoms with Gasteiger partial charge in [-0.15, -0.1) is 0 Å². The molecule has 0 unspecified atom stereocenters. The average Bonchev–Trinajstić information content (AvgIpc) is 2.64. The summed E-state index contributed by atoms with van der Waals surface area (Å²) in [4.78, 5) is 37.5. The van der Waals surface area contributed by atoms with Crippen LogP contribution in [0.1, 0.15) is 66.4 Å². The van der Waals surface area contributed by atoms with Crippen molar-refractivity contribution in [2.45, 2.75) is 85.1 Å². The number of rotatable bonds is 10. The SMILES string of the molecule is CCC[C@H](NC(=O)OC(C)(C)C)C(=O)N[C@@H](CC(C)C)C(=O)OCc1ccccc1. The second kappa shape index (κ2) is 12.2. The molecule has 0 bridgehead atoms. The van der Waals surface area contributed by atoms with Gasteiger partial charge in [-0.3, -0.25) is 4.79 Å². The number of esters is 1. The first-order valence-corrected chi connectivity index (χ1v) is 10.5. The predicted molar refractivity (Wildman–Crippen MR) is 116 cm³/mol. The third-order valence-electron chi connectivity index (χ3n) is 4.12. The van der Waals surface area contributed by atoms with E-state index >= 15 is 0 Å². The van der Waals surface area contributed by atoms with E-state index in [0.717, 1.165) is 5.56 Å². The molecular formula is C23H36N2O5. The fourth-order valence-electron chi connectivity index (χ4n) is 2.79. The normalized spacial score (nSPS) is 13.3. The first kappa shape index (κ1) is 25.5. The minimum absolute atomic E-state index is 0.138. The molecule has 0 spiro atoms. The van der Waals surface area contributed by atoms with E-state index in [9.17, 15) is 14.4 Å². The van der Waals surface area contributed by atoms with Gasteiger partial charge >= 0.3 is 12.1 Å². The Morgan fingerprint density at radius 2 is 1.63 bits per heavy atom. The zero-order valence-corrected chi connectivity index (χ0v) is 19.0. The van der Waals surface area contributed by atoms with E-state index < -0.39 is 35.7 Å². The second-order valence-corrected chi connectivity index (χ2v) is 8.77. The number of benzene rings is 1. The van der Waals surface area contributed by atoms with Gasteiger partial charge in [0.05, 0.1) is 0 Å². The van der Waals surface area contributed by atoms with Crippen LogP contribution < -0.4 is 10.6 Å². The van der Waals surface area contributed by atoms with Crippen molar-refractivity contribution >= 4 is 18.0 Å². The Bertz CT molecular complexity index is 683.